The smallest absolute Gasteiger partial charge is 0.311 e. The van der Waals surface area contributed by atoms with Crippen molar-refractivity contribution in [2.45, 2.75) is 54.9 Å². The van der Waals surface area contributed by atoms with Crippen LogP contribution < -0.4 is 0 Å². The Morgan fingerprint density at radius 3 is 1.94 bits per heavy atom. The van der Waals surface area contributed by atoms with E-state index in [4.69, 9.17) is 4.74 Å². The van der Waals surface area contributed by atoms with Crippen molar-refractivity contribution in [3.8, 4) is 0 Å². The van der Waals surface area contributed by atoms with E-state index >= 15 is 0 Å². The van der Waals surface area contributed by atoms with Gasteiger partial charge in [0.15, 0.2) is 0 Å². The molecule has 0 spiro atoms. The minimum absolute atomic E-state index is 0.0201. The van der Waals surface area contributed by atoms with E-state index in [1.54, 1.807) is 6.92 Å². The lowest BCUT2D eigenvalue weighted by Gasteiger charge is -2.30. The van der Waals surface area contributed by atoms with Gasteiger partial charge in [-0.15, -0.1) is 0 Å². The summed E-state index contributed by atoms with van der Waals surface area (Å²) in [5.41, 5.74) is -0.962. The fourth-order valence-corrected chi connectivity index (χ4v) is 1.36. The molecule has 100 valence electrons. The zero-order chi connectivity index (χ0) is 13.9. The molecule has 0 aromatic carbocycles. The fourth-order valence-electron chi connectivity index (χ4n) is 1.36. The van der Waals surface area contributed by atoms with E-state index in [1.165, 1.54) is 0 Å². The minimum atomic E-state index is -0.614. The second kappa shape index (κ2) is 5.65. The molecule has 1 atom stereocenters. The summed E-state index contributed by atoms with van der Waals surface area (Å²) in [4.78, 5) is 23.8. The van der Waals surface area contributed by atoms with E-state index < -0.39 is 5.41 Å². The first-order valence-electron chi connectivity index (χ1n) is 6.24. The topological polar surface area (TPSA) is 43.4 Å². The van der Waals surface area contributed by atoms with Crippen LogP contribution >= 0.6 is 0 Å². The van der Waals surface area contributed by atoms with Gasteiger partial charge in [-0.3, -0.25) is 9.59 Å². The lowest BCUT2D eigenvalue weighted by atomic mass is 9.74. The standard InChI is InChI=1S/C14H26O3/c1-8-17-12(16)14(6,7)10(2)9-11(15)13(3,4)5/h10H,8-9H2,1-7H3. The maximum atomic E-state index is 12.0. The molecule has 0 N–H and O–H groups in total. The van der Waals surface area contributed by atoms with Crippen LogP contribution in [0.2, 0.25) is 0 Å². The molecule has 1 unspecified atom stereocenters. The van der Waals surface area contributed by atoms with Gasteiger partial charge in [-0.25, -0.2) is 0 Å². The van der Waals surface area contributed by atoms with Gasteiger partial charge < -0.3 is 4.74 Å². The molecule has 0 aliphatic rings. The van der Waals surface area contributed by atoms with E-state index in [-0.39, 0.29) is 23.1 Å². The van der Waals surface area contributed by atoms with Gasteiger partial charge in [0.25, 0.3) is 0 Å². The Hall–Kier alpha value is -0.860. The third-order valence-corrected chi connectivity index (χ3v) is 3.36. The summed E-state index contributed by atoms with van der Waals surface area (Å²) in [5.74, 6) is -0.0649. The first-order chi connectivity index (χ1) is 7.53. The molecule has 0 aliphatic heterocycles. The molecule has 3 nitrogen and oxygen atoms in total. The monoisotopic (exact) mass is 242 g/mol. The number of Topliss-reactive ketones (excluding diaryl/α,β-unsaturated/α-hetero) is 1. The van der Waals surface area contributed by atoms with Crippen molar-refractivity contribution in [3.63, 3.8) is 0 Å². The van der Waals surface area contributed by atoms with Crippen LogP contribution in [0.3, 0.4) is 0 Å². The summed E-state index contributed by atoms with van der Waals surface area (Å²) in [6.45, 7) is 13.5. The van der Waals surface area contributed by atoms with Crippen molar-refractivity contribution in [3.05, 3.63) is 0 Å². The third kappa shape index (κ3) is 4.49. The molecule has 0 fully saturated rings. The van der Waals surface area contributed by atoms with Crippen LogP contribution in [0.4, 0.5) is 0 Å². The Morgan fingerprint density at radius 2 is 1.59 bits per heavy atom. The van der Waals surface area contributed by atoms with Crippen molar-refractivity contribution in [1.29, 1.82) is 0 Å². The van der Waals surface area contributed by atoms with Crippen LogP contribution in [-0.4, -0.2) is 18.4 Å². The Kier molecular flexibility index (Phi) is 5.37. The van der Waals surface area contributed by atoms with E-state index in [0.29, 0.717) is 13.0 Å². The van der Waals surface area contributed by atoms with Gasteiger partial charge in [0.05, 0.1) is 12.0 Å². The highest BCUT2D eigenvalue weighted by molar-refractivity contribution is 5.85. The molecule has 0 saturated heterocycles. The largest absolute Gasteiger partial charge is 0.466 e. The number of carbonyl (C=O) groups is 2. The molecular formula is C14H26O3. The lowest BCUT2D eigenvalue weighted by molar-refractivity contribution is -0.156. The van der Waals surface area contributed by atoms with Crippen molar-refractivity contribution in [1.82, 2.24) is 0 Å². The number of hydrogen-bond donors (Lipinski definition) is 0. The Morgan fingerprint density at radius 1 is 1.12 bits per heavy atom. The Balaban J connectivity index is 4.65. The molecule has 0 aromatic rings. The van der Waals surface area contributed by atoms with Crippen LogP contribution in [0, 0.1) is 16.7 Å². The quantitative estimate of drug-likeness (QED) is 0.695. The first-order valence-corrected chi connectivity index (χ1v) is 6.24. The molecule has 0 heterocycles. The maximum absolute atomic E-state index is 12.0. The van der Waals surface area contributed by atoms with Crippen molar-refractivity contribution in [2.75, 3.05) is 6.61 Å². The predicted molar refractivity (Wildman–Crippen MR) is 68.7 cm³/mol. The Labute approximate surface area is 105 Å². The average molecular weight is 242 g/mol. The second-order valence-electron chi connectivity index (χ2n) is 6.22. The molecule has 0 aromatic heterocycles. The number of hydrogen-bond acceptors (Lipinski definition) is 3. The highest BCUT2D eigenvalue weighted by atomic mass is 16.5. The number of esters is 1. The average Bonchev–Trinajstić information content (AvgIpc) is 2.16. The summed E-state index contributed by atoms with van der Waals surface area (Å²) in [6, 6.07) is 0. The van der Waals surface area contributed by atoms with Gasteiger partial charge in [0, 0.05) is 11.8 Å². The normalized spacial score (nSPS) is 14.3. The maximum Gasteiger partial charge on any atom is 0.311 e. The summed E-state index contributed by atoms with van der Waals surface area (Å²) >= 11 is 0. The van der Waals surface area contributed by atoms with Crippen LogP contribution in [0.25, 0.3) is 0 Å². The molecule has 0 rings (SSSR count). The minimum Gasteiger partial charge on any atom is -0.466 e. The van der Waals surface area contributed by atoms with Gasteiger partial charge in [-0.1, -0.05) is 27.7 Å². The number of carbonyl (C=O) groups excluding carboxylic acids is 2. The molecule has 0 radical (unpaired) electrons. The van der Waals surface area contributed by atoms with E-state index in [1.807, 2.05) is 41.5 Å². The second-order valence-corrected chi connectivity index (χ2v) is 6.22. The third-order valence-electron chi connectivity index (χ3n) is 3.36. The van der Waals surface area contributed by atoms with Crippen molar-refractivity contribution < 1.29 is 14.3 Å². The SMILES string of the molecule is CCOC(=O)C(C)(C)C(C)CC(=O)C(C)(C)C. The van der Waals surface area contributed by atoms with Gasteiger partial charge in [0.1, 0.15) is 5.78 Å². The predicted octanol–water partition coefficient (Wildman–Crippen LogP) is 3.22. The van der Waals surface area contributed by atoms with Crippen LogP contribution in [0.15, 0.2) is 0 Å². The molecule has 0 saturated carbocycles. The summed E-state index contributed by atoms with van der Waals surface area (Å²) in [7, 11) is 0. The molecule has 0 aliphatic carbocycles. The highest BCUT2D eigenvalue weighted by Gasteiger charge is 2.37. The van der Waals surface area contributed by atoms with Gasteiger partial charge in [-0.05, 0) is 26.7 Å². The van der Waals surface area contributed by atoms with E-state index in [9.17, 15) is 9.59 Å². The van der Waals surface area contributed by atoms with Crippen molar-refractivity contribution in [2.24, 2.45) is 16.7 Å². The van der Waals surface area contributed by atoms with Gasteiger partial charge in [0.2, 0.25) is 0 Å². The Bertz CT molecular complexity index is 284. The van der Waals surface area contributed by atoms with Crippen LogP contribution in [0.1, 0.15) is 54.9 Å². The molecule has 0 amide bonds. The van der Waals surface area contributed by atoms with Crippen LogP contribution in [-0.2, 0) is 14.3 Å². The molecule has 0 bridgehead atoms. The van der Waals surface area contributed by atoms with E-state index in [0.717, 1.165) is 0 Å². The van der Waals surface area contributed by atoms with Crippen LogP contribution in [0.5, 0.6) is 0 Å². The molecular weight excluding hydrogens is 216 g/mol. The zero-order valence-corrected chi connectivity index (χ0v) is 12.2. The molecule has 3 heteroatoms. The summed E-state index contributed by atoms with van der Waals surface area (Å²) in [6.07, 6.45) is 0.412. The number of ketones is 1. The van der Waals surface area contributed by atoms with Gasteiger partial charge >= 0.3 is 5.97 Å². The lowest BCUT2D eigenvalue weighted by Crippen LogP contribution is -2.36. The number of rotatable bonds is 5. The highest BCUT2D eigenvalue weighted by Crippen LogP contribution is 2.33. The fraction of sp³-hybridized carbons (Fsp3) is 0.857. The summed E-state index contributed by atoms with van der Waals surface area (Å²) in [5, 5.41) is 0. The summed E-state index contributed by atoms with van der Waals surface area (Å²) < 4.78 is 5.04. The molecule has 17 heavy (non-hydrogen) atoms. The first kappa shape index (κ1) is 16.1. The zero-order valence-electron chi connectivity index (χ0n) is 12.2. The van der Waals surface area contributed by atoms with Gasteiger partial charge in [-0.2, -0.15) is 0 Å². The van der Waals surface area contributed by atoms with E-state index in [2.05, 4.69) is 0 Å². The number of ether oxygens (including phenoxy) is 1. The van der Waals surface area contributed by atoms with Crippen molar-refractivity contribution >= 4 is 11.8 Å².